The number of carbonyl (C=O) groups is 1. The van der Waals surface area contributed by atoms with Gasteiger partial charge < -0.3 is 4.90 Å². The predicted molar refractivity (Wildman–Crippen MR) is 39.5 cm³/mol. The van der Waals surface area contributed by atoms with Gasteiger partial charge >= 0.3 is 0 Å². The van der Waals surface area contributed by atoms with Gasteiger partial charge in [0, 0.05) is 18.9 Å². The summed E-state index contributed by atoms with van der Waals surface area (Å²) in [5.41, 5.74) is 0. The summed E-state index contributed by atoms with van der Waals surface area (Å²) in [7, 11) is 0. The topological polar surface area (TPSA) is 20.3 Å². The van der Waals surface area contributed by atoms with E-state index in [9.17, 15) is 13.6 Å². The van der Waals surface area contributed by atoms with E-state index in [1.165, 1.54) is 0 Å². The molecule has 1 heterocycles. The van der Waals surface area contributed by atoms with Gasteiger partial charge in [-0.2, -0.15) is 0 Å². The molecule has 0 aromatic carbocycles. The molecule has 0 saturated carbocycles. The number of terminal acetylenes is 1. The molecule has 2 nitrogen and oxygen atoms in total. The molecule has 1 rings (SSSR count). The fraction of sp³-hybridized carbons (Fsp3) is 0.625. The lowest BCUT2D eigenvalue weighted by molar-refractivity contribution is -0.129. The van der Waals surface area contributed by atoms with Gasteiger partial charge in [0.1, 0.15) is 0 Å². The monoisotopic (exact) mass is 173 g/mol. The predicted octanol–water partition coefficient (Wildman–Crippen LogP) is 0.733. The zero-order valence-corrected chi connectivity index (χ0v) is 6.46. The third-order valence-corrected chi connectivity index (χ3v) is 1.81. The lowest BCUT2D eigenvalue weighted by Crippen LogP contribution is -2.30. The SMILES string of the molecule is C#CC1CC(=O)N(CC(F)F)C1. The Kier molecular flexibility index (Phi) is 2.64. The van der Waals surface area contributed by atoms with Crippen molar-refractivity contribution >= 4 is 5.91 Å². The highest BCUT2D eigenvalue weighted by Gasteiger charge is 2.29. The number of likely N-dealkylation sites (tertiary alicyclic amines) is 1. The molecule has 1 atom stereocenters. The lowest BCUT2D eigenvalue weighted by atomic mass is 10.1. The number of nitrogens with zero attached hydrogens (tertiary/aromatic N) is 1. The van der Waals surface area contributed by atoms with Crippen LogP contribution in [0.5, 0.6) is 0 Å². The van der Waals surface area contributed by atoms with Gasteiger partial charge in [-0.05, 0) is 0 Å². The molecule has 0 aromatic heterocycles. The first-order valence-corrected chi connectivity index (χ1v) is 3.65. The van der Waals surface area contributed by atoms with E-state index in [0.717, 1.165) is 4.90 Å². The maximum absolute atomic E-state index is 11.8. The lowest BCUT2D eigenvalue weighted by Gasteiger charge is -2.14. The third kappa shape index (κ3) is 1.94. The van der Waals surface area contributed by atoms with Gasteiger partial charge in [0.05, 0.1) is 6.54 Å². The van der Waals surface area contributed by atoms with Crippen LogP contribution in [0.3, 0.4) is 0 Å². The maximum atomic E-state index is 11.8. The van der Waals surface area contributed by atoms with Gasteiger partial charge in [-0.25, -0.2) is 8.78 Å². The van der Waals surface area contributed by atoms with Crippen molar-refractivity contribution in [2.24, 2.45) is 5.92 Å². The van der Waals surface area contributed by atoms with Crippen LogP contribution in [0.25, 0.3) is 0 Å². The van der Waals surface area contributed by atoms with Crippen LogP contribution in [0.15, 0.2) is 0 Å². The largest absolute Gasteiger partial charge is 0.336 e. The van der Waals surface area contributed by atoms with E-state index in [4.69, 9.17) is 6.42 Å². The van der Waals surface area contributed by atoms with Crippen molar-refractivity contribution in [2.75, 3.05) is 13.1 Å². The van der Waals surface area contributed by atoms with Crippen LogP contribution in [-0.2, 0) is 4.79 Å². The van der Waals surface area contributed by atoms with Crippen molar-refractivity contribution in [2.45, 2.75) is 12.8 Å². The second-order valence-corrected chi connectivity index (χ2v) is 2.76. The van der Waals surface area contributed by atoms with Crippen LogP contribution in [-0.4, -0.2) is 30.3 Å². The Morgan fingerprint density at radius 1 is 1.75 bits per heavy atom. The number of rotatable bonds is 2. The van der Waals surface area contributed by atoms with Crippen molar-refractivity contribution < 1.29 is 13.6 Å². The summed E-state index contributed by atoms with van der Waals surface area (Å²) in [6, 6.07) is 0. The Balaban J connectivity index is 2.48. The molecule has 0 aliphatic carbocycles. The molecule has 0 aromatic rings. The summed E-state index contributed by atoms with van der Waals surface area (Å²) in [5, 5.41) is 0. The highest BCUT2D eigenvalue weighted by atomic mass is 19.3. The van der Waals surface area contributed by atoms with Crippen molar-refractivity contribution in [3.63, 3.8) is 0 Å². The molecular weight excluding hydrogens is 164 g/mol. The van der Waals surface area contributed by atoms with E-state index in [1.54, 1.807) is 0 Å². The van der Waals surface area contributed by atoms with E-state index in [1.807, 2.05) is 0 Å². The molecule has 1 fully saturated rings. The number of halogens is 2. The Labute approximate surface area is 69.5 Å². The summed E-state index contributed by atoms with van der Waals surface area (Å²) in [6.45, 7) is -0.212. The number of hydrogen-bond acceptors (Lipinski definition) is 1. The van der Waals surface area contributed by atoms with Gasteiger partial charge in [-0.15, -0.1) is 12.3 Å². The second-order valence-electron chi connectivity index (χ2n) is 2.76. The molecule has 66 valence electrons. The summed E-state index contributed by atoms with van der Waals surface area (Å²) in [6.07, 6.45) is 2.82. The summed E-state index contributed by atoms with van der Waals surface area (Å²) < 4.78 is 23.7. The highest BCUT2D eigenvalue weighted by molar-refractivity contribution is 5.79. The van der Waals surface area contributed by atoms with Crippen LogP contribution in [0.2, 0.25) is 0 Å². The average molecular weight is 173 g/mol. The molecule has 1 amide bonds. The number of alkyl halides is 2. The van der Waals surface area contributed by atoms with E-state index in [0.29, 0.717) is 0 Å². The molecule has 1 saturated heterocycles. The zero-order chi connectivity index (χ0) is 9.14. The normalized spacial score (nSPS) is 23.3. The fourth-order valence-electron chi connectivity index (χ4n) is 1.23. The smallest absolute Gasteiger partial charge is 0.255 e. The highest BCUT2D eigenvalue weighted by Crippen LogP contribution is 2.17. The first-order valence-electron chi connectivity index (χ1n) is 3.65. The molecular formula is C8H9F2NO. The summed E-state index contributed by atoms with van der Waals surface area (Å²) in [4.78, 5) is 12.1. The van der Waals surface area contributed by atoms with Crippen molar-refractivity contribution in [1.82, 2.24) is 4.90 Å². The molecule has 4 heteroatoms. The van der Waals surface area contributed by atoms with E-state index in [2.05, 4.69) is 5.92 Å². The molecule has 0 spiro atoms. The fourth-order valence-corrected chi connectivity index (χ4v) is 1.23. The van der Waals surface area contributed by atoms with E-state index in [-0.39, 0.29) is 24.8 Å². The minimum atomic E-state index is -2.47. The van der Waals surface area contributed by atoms with Crippen LogP contribution in [0.4, 0.5) is 8.78 Å². The molecule has 0 radical (unpaired) electrons. The van der Waals surface area contributed by atoms with Crippen molar-refractivity contribution in [3.8, 4) is 12.3 Å². The molecule has 0 bridgehead atoms. The van der Waals surface area contributed by atoms with Gasteiger partial charge in [-0.3, -0.25) is 4.79 Å². The average Bonchev–Trinajstić information content (AvgIpc) is 2.31. The van der Waals surface area contributed by atoms with E-state index < -0.39 is 13.0 Å². The number of carbonyl (C=O) groups excluding carboxylic acids is 1. The number of amides is 1. The van der Waals surface area contributed by atoms with Crippen LogP contribution >= 0.6 is 0 Å². The van der Waals surface area contributed by atoms with Crippen LogP contribution in [0, 0.1) is 18.3 Å². The Morgan fingerprint density at radius 3 is 2.83 bits per heavy atom. The summed E-state index contributed by atoms with van der Waals surface area (Å²) in [5.74, 6) is 1.94. The van der Waals surface area contributed by atoms with Gasteiger partial charge in [0.15, 0.2) is 0 Å². The quantitative estimate of drug-likeness (QED) is 0.564. The Bertz CT molecular complexity index is 222. The maximum Gasteiger partial charge on any atom is 0.255 e. The molecule has 0 N–H and O–H groups in total. The van der Waals surface area contributed by atoms with Crippen LogP contribution in [0.1, 0.15) is 6.42 Å². The van der Waals surface area contributed by atoms with Crippen molar-refractivity contribution in [3.05, 3.63) is 0 Å². The first-order chi connectivity index (χ1) is 5.63. The van der Waals surface area contributed by atoms with Crippen molar-refractivity contribution in [1.29, 1.82) is 0 Å². The Morgan fingerprint density at radius 2 is 2.42 bits per heavy atom. The molecule has 1 unspecified atom stereocenters. The van der Waals surface area contributed by atoms with Gasteiger partial charge in [0.25, 0.3) is 6.43 Å². The van der Waals surface area contributed by atoms with E-state index >= 15 is 0 Å². The van der Waals surface area contributed by atoms with Gasteiger partial charge in [0.2, 0.25) is 5.91 Å². The summed E-state index contributed by atoms with van der Waals surface area (Å²) >= 11 is 0. The first kappa shape index (κ1) is 8.98. The number of hydrogen-bond donors (Lipinski definition) is 0. The minimum Gasteiger partial charge on any atom is -0.336 e. The zero-order valence-electron chi connectivity index (χ0n) is 6.46. The third-order valence-electron chi connectivity index (χ3n) is 1.81. The second kappa shape index (κ2) is 3.53. The molecule has 1 aliphatic rings. The minimum absolute atomic E-state index is 0.184. The van der Waals surface area contributed by atoms with Gasteiger partial charge in [-0.1, -0.05) is 0 Å². The standard InChI is InChI=1S/C8H9F2NO/c1-2-6-3-8(12)11(4-6)5-7(9)10/h1,6-7H,3-5H2. The molecule has 12 heavy (non-hydrogen) atoms. The Hall–Kier alpha value is -1.11. The molecule has 1 aliphatic heterocycles. The van der Waals surface area contributed by atoms with Crippen LogP contribution < -0.4 is 0 Å².